The van der Waals surface area contributed by atoms with Crippen LogP contribution in [0.25, 0.3) is 22.3 Å². The van der Waals surface area contributed by atoms with Gasteiger partial charge in [0.25, 0.3) is 0 Å². The third-order valence-electron chi connectivity index (χ3n) is 30.2. The molecule has 15 atom stereocenters. The van der Waals surface area contributed by atoms with Gasteiger partial charge >= 0.3 is 30.3 Å². The summed E-state index contributed by atoms with van der Waals surface area (Å²) in [7, 11) is 4.66. The summed E-state index contributed by atoms with van der Waals surface area (Å²) >= 11 is 0. The number of methoxy groups -OCH3 is 3. The van der Waals surface area contributed by atoms with Gasteiger partial charge in [-0.05, 0) is 168 Å². The fourth-order valence-corrected chi connectivity index (χ4v) is 22.1. The zero-order valence-electron chi connectivity index (χ0n) is 88.4. The van der Waals surface area contributed by atoms with Crippen molar-refractivity contribution in [1.82, 2.24) is 25.3 Å². The van der Waals surface area contributed by atoms with Crippen molar-refractivity contribution in [3.63, 3.8) is 0 Å². The molecule has 3 N–H and O–H groups in total. The van der Waals surface area contributed by atoms with E-state index in [0.29, 0.717) is 134 Å². The van der Waals surface area contributed by atoms with Crippen molar-refractivity contribution in [2.75, 3.05) is 80.6 Å². The van der Waals surface area contributed by atoms with E-state index >= 15 is 0 Å². The standard InChI is InChI=1S/C36H44N2O6.C33H39NO5.C32H51N3O8.C11H19NO5.C2H6/c1-4-10-24(34(42-3)33(40)17-23-15-16-23)18-32(39)31-20-36(19-25(5-2)37-44-36)22-38(31)35(41)43-21-30-28-13-8-6-11-26(28)27-12-7-9-14-29(27)30;1-4-9-23(32(38-3)31(36)17-22-14-15-22)18-30(35)29-16-21(2)19-34(29)33(37)39-20-28-26-12-7-5-10-24(26)25-11-6-8-13-27(25)28;1-7-9-21(27(40-6)26(37)14-20-10-11-20)15-25(36)24-17-32(16-22(8-2)34-43-32)19-35(24)29(38)28(31(3,4)5)33-30(39)42-23-12-13-41-18-23;1-11(2,3)8(9(13)14)12-10(15)17-7-4-5-16-6-7;1-2/h6-9,11-14,23-24,30-31,34H,4-5,10,15-22H2,1-3H3;5-8,10-13,22-23,28-29,32H,2,4,9,14-20H2,1,3H3;20-21,23-24,27-28H,7-19H2,1-6H3,(H,33,39);7-8H,4-6H2,1-3H3,(H,12,15)(H,13,14);1-2H3/t24-,31+,34?,36-;23-,29+,32?;21-,23-,24+,27?,28-,32-;7-,8+;/m1110./s1. The molecule has 16 rings (SSSR count). The maximum Gasteiger partial charge on any atom is 0.410 e. The third-order valence-corrected chi connectivity index (χ3v) is 30.2. The van der Waals surface area contributed by atoms with Crippen molar-refractivity contribution in [1.29, 1.82) is 0 Å². The summed E-state index contributed by atoms with van der Waals surface area (Å²) < 4.78 is 49.9. The largest absolute Gasteiger partial charge is 0.480 e. The van der Waals surface area contributed by atoms with Crippen LogP contribution in [-0.2, 0) is 90.7 Å². The molecule has 0 radical (unpaired) electrons. The lowest BCUT2D eigenvalue weighted by atomic mass is 9.84. The van der Waals surface area contributed by atoms with Gasteiger partial charge in [-0.1, -0.05) is 229 Å². The van der Waals surface area contributed by atoms with Crippen molar-refractivity contribution in [2.24, 2.45) is 56.6 Å². The fraction of sp³-hybridized carbons (Fsp3) is 0.649. The molecule has 4 aromatic rings. The Bertz CT molecular complexity index is 5140. The number of benzene rings is 4. The first-order chi connectivity index (χ1) is 69.5. The Balaban J connectivity index is 0.000000178. The molecule has 0 bridgehead atoms. The third kappa shape index (κ3) is 29.5. The predicted octanol–water partition coefficient (Wildman–Crippen LogP) is 19.2. The molecule has 794 valence electrons. The fourth-order valence-electron chi connectivity index (χ4n) is 22.1. The van der Waals surface area contributed by atoms with Gasteiger partial charge in [0, 0.05) is 117 Å². The quantitative estimate of drug-likeness (QED) is 0.0274. The van der Waals surface area contributed by atoms with Crippen molar-refractivity contribution < 1.29 is 115 Å². The summed E-state index contributed by atoms with van der Waals surface area (Å²) in [5.41, 5.74) is 9.10. The number of alkyl carbamates (subject to hydrolysis) is 2. The summed E-state index contributed by atoms with van der Waals surface area (Å²) in [6.07, 6.45) is 13.1. The minimum absolute atomic E-state index is 0.0461. The number of carbonyl (C=O) groups excluding carboxylic acids is 11. The molecule has 2 spiro atoms. The first kappa shape index (κ1) is 113. The highest BCUT2D eigenvalue weighted by Gasteiger charge is 2.58. The van der Waals surface area contributed by atoms with Crippen LogP contribution in [0.15, 0.2) is 120 Å². The van der Waals surface area contributed by atoms with Crippen LogP contribution in [0.4, 0.5) is 19.2 Å². The lowest BCUT2D eigenvalue weighted by Crippen LogP contribution is -2.57. The molecule has 31 heteroatoms. The Morgan fingerprint density at radius 1 is 0.469 bits per heavy atom. The SMILES string of the molecule is C=C1C[C@@H](C(=O)C[C@@H](CCC)C(OC)C(=O)CC2CC2)N(C(=O)OCC2c3ccccc3-c3ccccc32)C1.CC.CC(C)(C)[C@H](NC(=O)O[C@H]1CCOC1)C(=O)O.CCC[C@H](CC(=O)[C@@H]1C[C@]2(CC(CC)=NO2)CN1C(=O)OCC1c2ccccc2-c2ccccc21)C(OC)C(=O)CC1CC1.CCC[C@H](CC(=O)[C@@H]1C[C@]2(CC(CC)=NO2)CN1C(=O)[C@@H](NC(=O)O[C@@H]1CCOC1)C(C)(C)C)C(OC)C(=O)CC1CC1. The number of hydrogen-bond acceptors (Lipinski definition) is 25. The lowest BCUT2D eigenvalue weighted by molar-refractivity contribution is -0.143. The molecule has 5 aliphatic carbocycles. The Kier molecular flexibility index (Phi) is 40.4. The number of ketones is 6. The number of amides is 5. The number of carboxylic acid groups (broad SMARTS) is 1. The van der Waals surface area contributed by atoms with E-state index < -0.39 is 101 Å². The smallest absolute Gasteiger partial charge is 0.410 e. The first-order valence-corrected chi connectivity index (χ1v) is 53.2. The summed E-state index contributed by atoms with van der Waals surface area (Å²) in [5, 5.41) is 22.7. The molecule has 7 aliphatic heterocycles. The van der Waals surface area contributed by atoms with Gasteiger partial charge in [0.1, 0.15) is 55.8 Å². The predicted molar refractivity (Wildman–Crippen MR) is 549 cm³/mol. The topological polar surface area (TPSA) is 385 Å². The number of oxime groups is 2. The second-order valence-corrected chi connectivity index (χ2v) is 43.6. The van der Waals surface area contributed by atoms with Gasteiger partial charge < -0.3 is 72.9 Å². The van der Waals surface area contributed by atoms with E-state index in [4.69, 9.17) is 57.4 Å². The average molecular weight is 2010 g/mol. The molecule has 7 heterocycles. The Morgan fingerprint density at radius 3 is 1.12 bits per heavy atom. The Labute approximate surface area is 856 Å². The molecule has 5 amide bonds. The summed E-state index contributed by atoms with van der Waals surface area (Å²) in [4.78, 5) is 174. The number of carbonyl (C=O) groups is 12. The zero-order valence-corrected chi connectivity index (χ0v) is 88.4. The number of nitrogens with zero attached hydrogens (tertiary/aromatic N) is 5. The van der Waals surface area contributed by atoms with Gasteiger partial charge in [-0.25, -0.2) is 24.0 Å². The van der Waals surface area contributed by atoms with E-state index in [1.54, 1.807) is 44.8 Å². The number of Topliss-reactive ketones (excluding diaryl/α,β-unsaturated/α-hetero) is 6. The van der Waals surface area contributed by atoms with Crippen LogP contribution in [0.2, 0.25) is 0 Å². The molecular weight excluding hydrogens is 1850 g/mol. The zero-order chi connectivity index (χ0) is 105. The maximum atomic E-state index is 14.3. The highest BCUT2D eigenvalue weighted by molar-refractivity contribution is 5.97. The minimum Gasteiger partial charge on any atom is -0.480 e. The average Bonchev–Trinajstić information content (AvgIpc) is 1.61. The monoisotopic (exact) mass is 2010 g/mol. The van der Waals surface area contributed by atoms with Crippen LogP contribution in [0, 0.1) is 46.3 Å². The van der Waals surface area contributed by atoms with Gasteiger partial charge in [-0.15, -0.1) is 0 Å². The van der Waals surface area contributed by atoms with Crippen LogP contribution < -0.4 is 10.6 Å². The number of rotatable bonds is 42. The molecule has 12 aliphatic rings. The van der Waals surface area contributed by atoms with Gasteiger partial charge in [-0.2, -0.15) is 0 Å². The summed E-state index contributed by atoms with van der Waals surface area (Å²) in [5.74, 6) is -0.978. The van der Waals surface area contributed by atoms with E-state index in [9.17, 15) is 57.5 Å². The van der Waals surface area contributed by atoms with E-state index in [1.165, 1.54) is 23.1 Å². The van der Waals surface area contributed by atoms with Crippen molar-refractivity contribution >= 4 is 82.4 Å². The van der Waals surface area contributed by atoms with E-state index in [1.807, 2.05) is 104 Å². The van der Waals surface area contributed by atoms with Crippen LogP contribution in [0.1, 0.15) is 297 Å². The summed E-state index contributed by atoms with van der Waals surface area (Å²) in [6.45, 7) is 32.0. The van der Waals surface area contributed by atoms with E-state index in [-0.39, 0.29) is 128 Å². The number of fused-ring (bicyclic) bond motifs is 6. The Morgan fingerprint density at radius 2 is 0.807 bits per heavy atom. The number of carboxylic acids is 1. The van der Waals surface area contributed by atoms with Crippen LogP contribution in [0.5, 0.6) is 0 Å². The molecular formula is C114H159N7O24. The Hall–Kier alpha value is -10.6. The number of ether oxygens (including phenoxy) is 9. The minimum atomic E-state index is -1.07. The molecule has 0 aromatic heterocycles. The van der Waals surface area contributed by atoms with Gasteiger partial charge in [0.15, 0.2) is 45.9 Å². The highest BCUT2D eigenvalue weighted by atomic mass is 16.7. The van der Waals surface area contributed by atoms with Gasteiger partial charge in [-0.3, -0.25) is 43.4 Å². The molecule has 5 saturated heterocycles. The number of likely N-dealkylation sites (tertiary alicyclic amines) is 3. The molecule has 3 saturated carbocycles. The first-order valence-electron chi connectivity index (χ1n) is 53.2. The number of aliphatic carboxylic acids is 1. The molecule has 4 aromatic carbocycles. The summed E-state index contributed by atoms with van der Waals surface area (Å²) in [6, 6.07) is 28.9. The van der Waals surface area contributed by atoms with Crippen molar-refractivity contribution in [3.05, 3.63) is 131 Å². The molecule has 145 heavy (non-hydrogen) atoms. The second kappa shape index (κ2) is 51.8. The van der Waals surface area contributed by atoms with Gasteiger partial charge in [0.05, 0.1) is 69.1 Å². The highest BCUT2D eigenvalue weighted by Crippen LogP contribution is 2.49. The second-order valence-electron chi connectivity index (χ2n) is 43.6. The normalized spacial score (nSPS) is 23.2. The van der Waals surface area contributed by atoms with E-state index in [0.717, 1.165) is 121 Å². The van der Waals surface area contributed by atoms with Crippen LogP contribution in [-0.4, -0.2) is 255 Å². The molecule has 8 fully saturated rings. The molecule has 31 nitrogen and oxygen atoms in total. The lowest BCUT2D eigenvalue weighted by Gasteiger charge is -2.35. The van der Waals surface area contributed by atoms with E-state index in [2.05, 4.69) is 89.9 Å². The molecule has 3 unspecified atom stereocenters. The van der Waals surface area contributed by atoms with Crippen LogP contribution >= 0.6 is 0 Å². The maximum absolute atomic E-state index is 14.3. The number of hydrogen-bond donors (Lipinski definition) is 3. The van der Waals surface area contributed by atoms with Crippen molar-refractivity contribution in [2.45, 2.75) is 347 Å². The van der Waals surface area contributed by atoms with Crippen LogP contribution in [0.3, 0.4) is 0 Å². The van der Waals surface area contributed by atoms with Gasteiger partial charge in [0.2, 0.25) is 5.91 Å². The van der Waals surface area contributed by atoms with Crippen molar-refractivity contribution in [3.8, 4) is 22.3 Å². The number of nitrogens with one attached hydrogen (secondary N) is 2.